The smallest absolute Gasteiger partial charge is 0.322 e. The summed E-state index contributed by atoms with van der Waals surface area (Å²) < 4.78 is 12.9. The molecule has 0 bridgehead atoms. The number of hydrogen-bond donors (Lipinski definition) is 3. The standard InChI is InChI=1S/C17H18ClN3O5/c1-16(2)25-7-12(26-16)17(14(23)19-15(24)20-17)8-21-6-9-3-4-10(18)5-11(9)13(21)22/h3-6,12,22H,7-8H2,1-2H3,(H2,19,20,23,24)/t12-,17-/m1/s1. The normalized spacial score (nSPS) is 27.7. The van der Waals surface area contributed by atoms with Crippen molar-refractivity contribution in [1.82, 2.24) is 15.2 Å². The highest BCUT2D eigenvalue weighted by Gasteiger charge is 2.57. The number of imide groups is 1. The molecule has 2 aliphatic heterocycles. The number of aromatic hydroxyl groups is 1. The number of amides is 3. The third-order valence-corrected chi connectivity index (χ3v) is 5.00. The first-order valence-corrected chi connectivity index (χ1v) is 8.51. The molecule has 1 aromatic carbocycles. The maximum atomic E-state index is 12.6. The van der Waals surface area contributed by atoms with Gasteiger partial charge in [-0.2, -0.15) is 0 Å². The number of hydrogen-bond acceptors (Lipinski definition) is 5. The fourth-order valence-corrected chi connectivity index (χ4v) is 3.65. The highest BCUT2D eigenvalue weighted by Crippen LogP contribution is 2.35. The van der Waals surface area contributed by atoms with Gasteiger partial charge in [0.05, 0.1) is 13.2 Å². The van der Waals surface area contributed by atoms with Crippen LogP contribution in [0.4, 0.5) is 4.79 Å². The molecule has 4 rings (SSSR count). The quantitative estimate of drug-likeness (QED) is 0.705. The van der Waals surface area contributed by atoms with Crippen LogP contribution in [0.15, 0.2) is 24.4 Å². The predicted molar refractivity (Wildman–Crippen MR) is 92.9 cm³/mol. The SMILES string of the molecule is CC1(C)OC[C@H]([C@@]2(Cn3cc4ccc(Cl)cc4c3O)NC(=O)NC2=O)O1. The number of ether oxygens (including phenoxy) is 2. The highest BCUT2D eigenvalue weighted by atomic mass is 35.5. The van der Waals surface area contributed by atoms with Crippen molar-refractivity contribution in [1.29, 1.82) is 0 Å². The average Bonchev–Trinajstić information content (AvgIpc) is 3.16. The monoisotopic (exact) mass is 379 g/mol. The number of nitrogens with one attached hydrogen (secondary N) is 2. The number of nitrogens with zero attached hydrogens (tertiary/aromatic N) is 1. The lowest BCUT2D eigenvalue weighted by Gasteiger charge is -2.32. The summed E-state index contributed by atoms with van der Waals surface area (Å²) in [5, 5.41) is 17.3. The Morgan fingerprint density at radius 2 is 2.15 bits per heavy atom. The number of aromatic nitrogens is 1. The van der Waals surface area contributed by atoms with E-state index in [9.17, 15) is 14.7 Å². The van der Waals surface area contributed by atoms with E-state index in [4.69, 9.17) is 21.1 Å². The van der Waals surface area contributed by atoms with Crippen LogP contribution < -0.4 is 10.6 Å². The Hall–Kier alpha value is -2.29. The molecule has 3 amide bonds. The number of carbonyl (C=O) groups is 2. The molecule has 2 fully saturated rings. The van der Waals surface area contributed by atoms with Crippen molar-refractivity contribution in [3.63, 3.8) is 0 Å². The topological polar surface area (TPSA) is 102 Å². The average molecular weight is 380 g/mol. The van der Waals surface area contributed by atoms with E-state index in [0.29, 0.717) is 10.4 Å². The lowest BCUT2D eigenvalue weighted by atomic mass is 9.92. The molecule has 8 nitrogen and oxygen atoms in total. The number of rotatable bonds is 3. The lowest BCUT2D eigenvalue weighted by molar-refractivity contribution is -0.154. The molecule has 2 aromatic rings. The zero-order valence-electron chi connectivity index (χ0n) is 14.2. The Morgan fingerprint density at radius 3 is 2.77 bits per heavy atom. The molecule has 2 saturated heterocycles. The second-order valence-corrected chi connectivity index (χ2v) is 7.45. The Morgan fingerprint density at radius 1 is 1.38 bits per heavy atom. The van der Waals surface area contributed by atoms with E-state index in [1.165, 1.54) is 4.57 Å². The molecule has 0 aliphatic carbocycles. The van der Waals surface area contributed by atoms with Crippen molar-refractivity contribution >= 4 is 34.3 Å². The van der Waals surface area contributed by atoms with Gasteiger partial charge in [-0.1, -0.05) is 17.7 Å². The second-order valence-electron chi connectivity index (χ2n) is 7.01. The minimum atomic E-state index is -1.40. The molecule has 3 N–H and O–H groups in total. The van der Waals surface area contributed by atoms with Crippen molar-refractivity contribution < 1.29 is 24.2 Å². The summed E-state index contributed by atoms with van der Waals surface area (Å²) in [7, 11) is 0. The molecule has 0 spiro atoms. The van der Waals surface area contributed by atoms with E-state index in [2.05, 4.69) is 10.6 Å². The number of fused-ring (bicyclic) bond motifs is 1. The summed E-state index contributed by atoms with van der Waals surface area (Å²) >= 11 is 6.00. The predicted octanol–water partition coefficient (Wildman–Crippen LogP) is 1.73. The molecule has 2 aliphatic rings. The summed E-state index contributed by atoms with van der Waals surface area (Å²) in [6.45, 7) is 3.58. The fourth-order valence-electron chi connectivity index (χ4n) is 3.48. The van der Waals surface area contributed by atoms with Gasteiger partial charge in [0, 0.05) is 22.0 Å². The molecule has 138 valence electrons. The third-order valence-electron chi connectivity index (χ3n) is 4.77. The molecule has 0 saturated carbocycles. The van der Waals surface area contributed by atoms with Gasteiger partial charge in [-0.15, -0.1) is 0 Å². The summed E-state index contributed by atoms with van der Waals surface area (Å²) in [5.74, 6) is -1.44. The number of halogens is 1. The fraction of sp³-hybridized carbons (Fsp3) is 0.412. The van der Waals surface area contributed by atoms with Crippen LogP contribution in [0.5, 0.6) is 5.88 Å². The van der Waals surface area contributed by atoms with Gasteiger partial charge >= 0.3 is 6.03 Å². The molecule has 2 atom stereocenters. The molecular formula is C17H18ClN3O5. The first kappa shape index (κ1) is 17.1. The van der Waals surface area contributed by atoms with Crippen molar-refractivity contribution in [2.75, 3.05) is 6.61 Å². The maximum Gasteiger partial charge on any atom is 0.322 e. The summed E-state index contributed by atoms with van der Waals surface area (Å²) in [5.41, 5.74) is -1.40. The van der Waals surface area contributed by atoms with Crippen LogP contribution in [-0.2, 0) is 20.8 Å². The Labute approximate surface area is 154 Å². The number of urea groups is 1. The van der Waals surface area contributed by atoms with Crippen LogP contribution in [0.3, 0.4) is 0 Å². The van der Waals surface area contributed by atoms with Crippen molar-refractivity contribution in [3.05, 3.63) is 29.4 Å². The van der Waals surface area contributed by atoms with Gasteiger partial charge in [0.25, 0.3) is 5.91 Å². The minimum Gasteiger partial charge on any atom is -0.494 e. The summed E-state index contributed by atoms with van der Waals surface area (Å²) in [6, 6.07) is 4.51. The minimum absolute atomic E-state index is 0.0210. The van der Waals surface area contributed by atoms with E-state index < -0.39 is 29.4 Å². The number of benzene rings is 1. The van der Waals surface area contributed by atoms with Gasteiger partial charge < -0.3 is 24.5 Å². The molecule has 0 radical (unpaired) electrons. The Balaban J connectivity index is 1.76. The van der Waals surface area contributed by atoms with Crippen LogP contribution in [0, 0.1) is 0 Å². The van der Waals surface area contributed by atoms with E-state index in [1.807, 2.05) is 0 Å². The third kappa shape index (κ3) is 2.61. The zero-order valence-corrected chi connectivity index (χ0v) is 15.0. The second kappa shape index (κ2) is 5.60. The van der Waals surface area contributed by atoms with Crippen molar-refractivity contribution in [2.24, 2.45) is 0 Å². The largest absolute Gasteiger partial charge is 0.494 e. The van der Waals surface area contributed by atoms with E-state index in [1.54, 1.807) is 38.2 Å². The molecular weight excluding hydrogens is 362 g/mol. The summed E-state index contributed by atoms with van der Waals surface area (Å²) in [6.07, 6.45) is 0.985. The van der Waals surface area contributed by atoms with Gasteiger partial charge in [0.2, 0.25) is 0 Å². The van der Waals surface area contributed by atoms with E-state index >= 15 is 0 Å². The highest BCUT2D eigenvalue weighted by molar-refractivity contribution is 6.31. The van der Waals surface area contributed by atoms with Gasteiger partial charge in [-0.25, -0.2) is 4.79 Å². The molecule has 1 aromatic heterocycles. The van der Waals surface area contributed by atoms with Crippen molar-refractivity contribution in [2.45, 2.75) is 37.8 Å². The molecule has 26 heavy (non-hydrogen) atoms. The Bertz CT molecular complexity index is 925. The number of carbonyl (C=O) groups excluding carboxylic acids is 2. The Kier molecular flexibility index (Phi) is 3.69. The van der Waals surface area contributed by atoms with Crippen LogP contribution >= 0.6 is 11.6 Å². The first-order valence-electron chi connectivity index (χ1n) is 8.13. The van der Waals surface area contributed by atoms with Crippen LogP contribution in [0.1, 0.15) is 13.8 Å². The van der Waals surface area contributed by atoms with Gasteiger partial charge in [0.1, 0.15) is 6.10 Å². The lowest BCUT2D eigenvalue weighted by Crippen LogP contribution is -2.60. The first-order chi connectivity index (χ1) is 12.2. The van der Waals surface area contributed by atoms with Crippen LogP contribution in [-0.4, -0.2) is 45.6 Å². The molecule has 3 heterocycles. The van der Waals surface area contributed by atoms with Crippen LogP contribution in [0.25, 0.3) is 10.8 Å². The van der Waals surface area contributed by atoms with Crippen LogP contribution in [0.2, 0.25) is 5.02 Å². The van der Waals surface area contributed by atoms with Gasteiger partial charge in [-0.05, 0) is 26.0 Å². The summed E-state index contributed by atoms with van der Waals surface area (Å²) in [4.78, 5) is 24.5. The molecule has 0 unspecified atom stereocenters. The van der Waals surface area contributed by atoms with Gasteiger partial charge in [-0.3, -0.25) is 10.1 Å². The molecule has 9 heteroatoms. The van der Waals surface area contributed by atoms with Crippen molar-refractivity contribution in [3.8, 4) is 5.88 Å². The maximum absolute atomic E-state index is 12.6. The zero-order chi connectivity index (χ0) is 18.7. The van der Waals surface area contributed by atoms with E-state index in [0.717, 1.165) is 5.39 Å². The van der Waals surface area contributed by atoms with E-state index in [-0.39, 0.29) is 19.0 Å². The van der Waals surface area contributed by atoms with Gasteiger partial charge in [0.15, 0.2) is 17.2 Å².